The highest BCUT2D eigenvalue weighted by Gasteiger charge is 2.26. The SMILES string of the molecule is O=C(Nc1n[nH]c2c1CCn1cc(C(=O)NC3CCCC3)cc1-2)c1ccc(F)cc1. The molecule has 1 aromatic carbocycles. The van der Waals surface area contributed by atoms with Crippen LogP contribution in [0.2, 0.25) is 0 Å². The zero-order valence-electron chi connectivity index (χ0n) is 16.4. The lowest BCUT2D eigenvalue weighted by atomic mass is 10.1. The maximum atomic E-state index is 13.1. The Hall–Kier alpha value is -3.42. The number of aromatic amines is 1. The van der Waals surface area contributed by atoms with Crippen molar-refractivity contribution in [3.63, 3.8) is 0 Å². The molecule has 0 bridgehead atoms. The lowest BCUT2D eigenvalue weighted by Crippen LogP contribution is -2.32. The quantitative estimate of drug-likeness (QED) is 0.618. The predicted molar refractivity (Wildman–Crippen MR) is 110 cm³/mol. The third kappa shape index (κ3) is 3.38. The second kappa shape index (κ2) is 7.44. The molecule has 1 aliphatic carbocycles. The van der Waals surface area contributed by atoms with Crippen molar-refractivity contribution >= 4 is 17.6 Å². The van der Waals surface area contributed by atoms with E-state index in [1.807, 2.05) is 16.8 Å². The Balaban J connectivity index is 1.36. The zero-order chi connectivity index (χ0) is 20.7. The molecule has 154 valence electrons. The number of fused-ring (bicyclic) bond motifs is 3. The number of nitrogens with one attached hydrogen (secondary N) is 3. The number of benzene rings is 1. The van der Waals surface area contributed by atoms with Crippen LogP contribution in [0, 0.1) is 5.82 Å². The van der Waals surface area contributed by atoms with Crippen LogP contribution in [0.1, 0.15) is 52.0 Å². The Bertz CT molecular complexity index is 1110. The van der Waals surface area contributed by atoms with E-state index in [0.717, 1.165) is 29.8 Å². The lowest BCUT2D eigenvalue weighted by molar-refractivity contribution is 0.0937. The van der Waals surface area contributed by atoms with Gasteiger partial charge in [0.1, 0.15) is 5.82 Å². The predicted octanol–water partition coefficient (Wildman–Crippen LogP) is 3.50. The van der Waals surface area contributed by atoms with E-state index in [9.17, 15) is 14.0 Å². The van der Waals surface area contributed by atoms with E-state index in [1.165, 1.54) is 37.1 Å². The summed E-state index contributed by atoms with van der Waals surface area (Å²) in [5.74, 6) is -0.322. The molecule has 3 N–H and O–H groups in total. The first-order valence-corrected chi connectivity index (χ1v) is 10.2. The molecule has 0 radical (unpaired) electrons. The minimum atomic E-state index is -0.391. The molecule has 0 saturated heterocycles. The molecule has 1 fully saturated rings. The standard InChI is InChI=1S/C22H22FN5O2/c23-15-7-5-13(6-8-15)21(29)25-20-17-9-10-28-12-14(11-18(28)19(17)26-27-20)22(30)24-16-3-1-2-4-16/h5-8,11-12,16H,1-4,9-10H2,(H,24,30)(H2,25,26,27,29). The number of hydrogen-bond acceptors (Lipinski definition) is 3. The molecule has 2 aliphatic rings. The summed E-state index contributed by atoms with van der Waals surface area (Å²) in [4.78, 5) is 25.1. The molecular formula is C22H22FN5O2. The Morgan fingerprint density at radius 2 is 1.87 bits per heavy atom. The maximum Gasteiger partial charge on any atom is 0.256 e. The van der Waals surface area contributed by atoms with Crippen LogP contribution in [-0.4, -0.2) is 32.6 Å². The first-order valence-electron chi connectivity index (χ1n) is 10.2. The molecule has 3 aromatic rings. The Kier molecular flexibility index (Phi) is 4.61. The fourth-order valence-corrected chi connectivity index (χ4v) is 4.31. The molecule has 0 atom stereocenters. The fraction of sp³-hybridized carbons (Fsp3) is 0.318. The first kappa shape index (κ1) is 18.6. The summed E-state index contributed by atoms with van der Waals surface area (Å²) >= 11 is 0. The molecular weight excluding hydrogens is 385 g/mol. The number of aryl methyl sites for hydroxylation is 1. The van der Waals surface area contributed by atoms with Crippen LogP contribution in [0.4, 0.5) is 10.2 Å². The highest BCUT2D eigenvalue weighted by molar-refractivity contribution is 6.04. The van der Waals surface area contributed by atoms with Crippen molar-refractivity contribution < 1.29 is 14.0 Å². The summed E-state index contributed by atoms with van der Waals surface area (Å²) in [5.41, 5.74) is 3.58. The third-order valence-corrected chi connectivity index (χ3v) is 5.91. The van der Waals surface area contributed by atoms with Gasteiger partial charge in [-0.05, 0) is 49.6 Å². The second-order valence-electron chi connectivity index (χ2n) is 7.90. The molecule has 2 amide bonds. The van der Waals surface area contributed by atoms with Gasteiger partial charge in [-0.2, -0.15) is 5.10 Å². The molecule has 1 saturated carbocycles. The molecule has 30 heavy (non-hydrogen) atoms. The monoisotopic (exact) mass is 407 g/mol. The van der Waals surface area contributed by atoms with Crippen molar-refractivity contribution in [2.45, 2.75) is 44.7 Å². The fourth-order valence-electron chi connectivity index (χ4n) is 4.31. The van der Waals surface area contributed by atoms with Crippen LogP contribution in [0.25, 0.3) is 11.4 Å². The summed E-state index contributed by atoms with van der Waals surface area (Å²) in [6.07, 6.45) is 6.97. The van der Waals surface area contributed by atoms with Crippen LogP contribution >= 0.6 is 0 Å². The van der Waals surface area contributed by atoms with Crippen LogP contribution in [0.15, 0.2) is 36.5 Å². The molecule has 0 spiro atoms. The van der Waals surface area contributed by atoms with E-state index < -0.39 is 5.82 Å². The topological polar surface area (TPSA) is 91.8 Å². The van der Waals surface area contributed by atoms with Crippen molar-refractivity contribution in [1.82, 2.24) is 20.1 Å². The van der Waals surface area contributed by atoms with Crippen molar-refractivity contribution in [3.8, 4) is 11.4 Å². The molecule has 7 nitrogen and oxygen atoms in total. The minimum Gasteiger partial charge on any atom is -0.349 e. The number of nitrogens with zero attached hydrogens (tertiary/aromatic N) is 2. The maximum absolute atomic E-state index is 13.1. The summed E-state index contributed by atoms with van der Waals surface area (Å²) in [6, 6.07) is 7.51. The van der Waals surface area contributed by atoms with Gasteiger partial charge in [0.15, 0.2) is 5.82 Å². The normalized spacial score (nSPS) is 15.5. The van der Waals surface area contributed by atoms with E-state index >= 15 is 0 Å². The zero-order valence-corrected chi connectivity index (χ0v) is 16.4. The van der Waals surface area contributed by atoms with Gasteiger partial charge in [0, 0.05) is 29.9 Å². The Labute approximate surface area is 172 Å². The number of halogens is 1. The van der Waals surface area contributed by atoms with E-state index in [4.69, 9.17) is 0 Å². The Morgan fingerprint density at radius 3 is 2.63 bits per heavy atom. The number of anilines is 1. The van der Waals surface area contributed by atoms with Crippen LogP contribution in [0.5, 0.6) is 0 Å². The van der Waals surface area contributed by atoms with Gasteiger partial charge >= 0.3 is 0 Å². The van der Waals surface area contributed by atoms with Gasteiger partial charge in [-0.15, -0.1) is 0 Å². The average molecular weight is 407 g/mol. The molecule has 5 rings (SSSR count). The van der Waals surface area contributed by atoms with Crippen LogP contribution < -0.4 is 10.6 Å². The number of amides is 2. The van der Waals surface area contributed by atoms with E-state index in [0.29, 0.717) is 29.9 Å². The van der Waals surface area contributed by atoms with Gasteiger partial charge in [0.25, 0.3) is 11.8 Å². The number of carbonyl (C=O) groups excluding carboxylic acids is 2. The second-order valence-corrected chi connectivity index (χ2v) is 7.90. The van der Waals surface area contributed by atoms with Gasteiger partial charge in [0.2, 0.25) is 0 Å². The van der Waals surface area contributed by atoms with E-state index in [1.54, 1.807) is 0 Å². The van der Waals surface area contributed by atoms with Gasteiger partial charge in [-0.25, -0.2) is 4.39 Å². The van der Waals surface area contributed by atoms with Crippen molar-refractivity contribution in [2.75, 3.05) is 5.32 Å². The minimum absolute atomic E-state index is 0.0466. The Morgan fingerprint density at radius 1 is 1.10 bits per heavy atom. The lowest BCUT2D eigenvalue weighted by Gasteiger charge is -2.16. The smallest absolute Gasteiger partial charge is 0.256 e. The highest BCUT2D eigenvalue weighted by atomic mass is 19.1. The molecule has 1 aliphatic heterocycles. The number of rotatable bonds is 4. The third-order valence-electron chi connectivity index (χ3n) is 5.91. The van der Waals surface area contributed by atoms with Gasteiger partial charge in [-0.3, -0.25) is 14.7 Å². The summed E-state index contributed by atoms with van der Waals surface area (Å²) < 4.78 is 15.1. The van der Waals surface area contributed by atoms with E-state index in [-0.39, 0.29) is 17.9 Å². The van der Waals surface area contributed by atoms with Crippen molar-refractivity contribution in [2.24, 2.45) is 0 Å². The summed E-state index contributed by atoms with van der Waals surface area (Å²) in [5, 5.41) is 13.2. The number of carbonyl (C=O) groups is 2. The summed E-state index contributed by atoms with van der Waals surface area (Å²) in [7, 11) is 0. The number of aromatic nitrogens is 3. The van der Waals surface area contributed by atoms with Crippen LogP contribution in [-0.2, 0) is 13.0 Å². The van der Waals surface area contributed by atoms with Crippen molar-refractivity contribution in [3.05, 3.63) is 59.0 Å². The number of hydrogen-bond donors (Lipinski definition) is 3. The first-order chi connectivity index (χ1) is 14.6. The van der Waals surface area contributed by atoms with Gasteiger partial charge in [-0.1, -0.05) is 12.8 Å². The van der Waals surface area contributed by atoms with Crippen molar-refractivity contribution in [1.29, 1.82) is 0 Å². The van der Waals surface area contributed by atoms with Gasteiger partial charge in [0.05, 0.1) is 17.0 Å². The van der Waals surface area contributed by atoms with Crippen LogP contribution in [0.3, 0.4) is 0 Å². The molecule has 2 aromatic heterocycles. The largest absolute Gasteiger partial charge is 0.349 e. The molecule has 0 unspecified atom stereocenters. The molecule has 3 heterocycles. The molecule has 8 heteroatoms. The van der Waals surface area contributed by atoms with Gasteiger partial charge < -0.3 is 15.2 Å². The highest BCUT2D eigenvalue weighted by Crippen LogP contribution is 2.33. The van der Waals surface area contributed by atoms with E-state index in [2.05, 4.69) is 20.8 Å². The number of H-pyrrole nitrogens is 1. The average Bonchev–Trinajstić information content (AvgIpc) is 3.47. The summed E-state index contributed by atoms with van der Waals surface area (Å²) in [6.45, 7) is 0.692.